The number of nitrogens with zero attached hydrogens (tertiary/aromatic N) is 3. The van der Waals surface area contributed by atoms with Crippen LogP contribution in [0.25, 0.3) is 11.1 Å². The Hall–Kier alpha value is -2.34. The second-order valence-corrected chi connectivity index (χ2v) is 11.5. The van der Waals surface area contributed by atoms with Gasteiger partial charge in [0.05, 0.1) is 24.8 Å². The molecular formula is C28H40ClN3O3. The molecule has 2 aromatic rings. The lowest BCUT2D eigenvalue weighted by Crippen LogP contribution is -2.38. The molecule has 0 aliphatic carbocycles. The van der Waals surface area contributed by atoms with Gasteiger partial charge in [-0.05, 0) is 57.9 Å². The Bertz CT molecular complexity index is 1060. The van der Waals surface area contributed by atoms with E-state index in [9.17, 15) is 4.79 Å². The van der Waals surface area contributed by atoms with E-state index in [1.807, 2.05) is 40.0 Å². The fourth-order valence-electron chi connectivity index (χ4n) is 4.37. The topological polar surface area (TPSA) is 64.5 Å². The number of anilines is 1. The summed E-state index contributed by atoms with van der Waals surface area (Å²) in [4.78, 5) is 24.5. The van der Waals surface area contributed by atoms with Crippen molar-refractivity contribution in [1.82, 2.24) is 9.97 Å². The number of hydrogen-bond acceptors (Lipinski definition) is 6. The van der Waals surface area contributed by atoms with Crippen LogP contribution in [0.4, 0.5) is 5.69 Å². The molecule has 0 unspecified atom stereocenters. The Balaban J connectivity index is 2.11. The molecule has 35 heavy (non-hydrogen) atoms. The van der Waals surface area contributed by atoms with Crippen LogP contribution < -0.4 is 9.64 Å². The zero-order valence-electron chi connectivity index (χ0n) is 22.5. The van der Waals surface area contributed by atoms with Crippen LogP contribution in [-0.2, 0) is 16.0 Å². The van der Waals surface area contributed by atoms with E-state index in [0.29, 0.717) is 28.8 Å². The summed E-state index contributed by atoms with van der Waals surface area (Å²) in [7, 11) is 0. The van der Waals surface area contributed by atoms with E-state index in [2.05, 4.69) is 37.6 Å². The minimum atomic E-state index is -0.244. The van der Waals surface area contributed by atoms with Gasteiger partial charge in [0.2, 0.25) is 5.88 Å². The van der Waals surface area contributed by atoms with E-state index in [0.717, 1.165) is 59.7 Å². The average molecular weight is 502 g/mol. The largest absolute Gasteiger partial charge is 0.476 e. The molecule has 0 radical (unpaired) electrons. The first-order valence-electron chi connectivity index (χ1n) is 12.6. The van der Waals surface area contributed by atoms with Gasteiger partial charge in [0.1, 0.15) is 5.02 Å². The van der Waals surface area contributed by atoms with E-state index >= 15 is 0 Å². The Labute approximate surface area is 215 Å². The zero-order valence-corrected chi connectivity index (χ0v) is 23.3. The molecule has 0 saturated carbocycles. The maximum atomic E-state index is 12.7. The predicted octanol–water partition coefficient (Wildman–Crippen LogP) is 6.57. The maximum absolute atomic E-state index is 12.7. The maximum Gasteiger partial charge on any atom is 0.310 e. The van der Waals surface area contributed by atoms with Crippen LogP contribution in [0.1, 0.15) is 71.3 Å². The van der Waals surface area contributed by atoms with Gasteiger partial charge in [-0.1, -0.05) is 39.3 Å². The monoisotopic (exact) mass is 501 g/mol. The van der Waals surface area contributed by atoms with Gasteiger partial charge in [-0.2, -0.15) is 0 Å². The molecule has 0 spiro atoms. The lowest BCUT2D eigenvalue weighted by Gasteiger charge is -2.40. The highest BCUT2D eigenvalue weighted by Gasteiger charge is 2.30. The first-order valence-corrected chi connectivity index (χ1v) is 13.0. The molecule has 3 rings (SSSR count). The molecule has 1 fully saturated rings. The fraction of sp³-hybridized carbons (Fsp3) is 0.607. The molecule has 192 valence electrons. The molecule has 0 N–H and O–H groups in total. The minimum Gasteiger partial charge on any atom is -0.476 e. The Morgan fingerprint density at radius 3 is 2.37 bits per heavy atom. The summed E-state index contributed by atoms with van der Waals surface area (Å²) in [5.74, 6) is 0.576. The molecule has 7 heteroatoms. The summed E-state index contributed by atoms with van der Waals surface area (Å²) in [6.07, 6.45) is 4.04. The van der Waals surface area contributed by atoms with Gasteiger partial charge < -0.3 is 14.4 Å². The quantitative estimate of drug-likeness (QED) is 0.381. The summed E-state index contributed by atoms with van der Waals surface area (Å²) in [5, 5.41) is 0.471. The van der Waals surface area contributed by atoms with E-state index in [1.165, 1.54) is 0 Å². The molecule has 1 saturated heterocycles. The molecule has 1 aliphatic heterocycles. The van der Waals surface area contributed by atoms with E-state index in [-0.39, 0.29) is 18.5 Å². The first-order chi connectivity index (χ1) is 16.4. The van der Waals surface area contributed by atoms with E-state index < -0.39 is 0 Å². The number of hydrogen-bond donors (Lipinski definition) is 0. The smallest absolute Gasteiger partial charge is 0.310 e. The predicted molar refractivity (Wildman–Crippen MR) is 142 cm³/mol. The molecule has 0 amide bonds. The number of aryl methyl sites for hydroxylation is 2. The van der Waals surface area contributed by atoms with Gasteiger partial charge >= 0.3 is 5.97 Å². The normalized spacial score (nSPS) is 15.6. The van der Waals surface area contributed by atoms with Crippen molar-refractivity contribution in [3.63, 3.8) is 0 Å². The Morgan fingerprint density at radius 1 is 1.11 bits per heavy atom. The van der Waals surface area contributed by atoms with E-state index in [4.69, 9.17) is 26.1 Å². The molecular weight excluding hydrogens is 462 g/mol. The van der Waals surface area contributed by atoms with Crippen LogP contribution >= 0.6 is 11.6 Å². The SMILES string of the molecule is Cc1nc(OCC(C)C)c(Cl)cc1-c1cnc(C)c(CC(=O)OC(C)C)c1N1CCC(C)(C)CC1. The number of piperidine rings is 1. The number of ether oxygens (including phenoxy) is 2. The molecule has 0 bridgehead atoms. The third-order valence-electron chi connectivity index (χ3n) is 6.46. The van der Waals surface area contributed by atoms with Crippen LogP contribution in [0, 0.1) is 25.2 Å². The molecule has 0 aromatic carbocycles. The third-order valence-corrected chi connectivity index (χ3v) is 6.74. The number of rotatable bonds is 8. The lowest BCUT2D eigenvalue weighted by atomic mass is 9.82. The van der Waals surface area contributed by atoms with Crippen molar-refractivity contribution in [1.29, 1.82) is 0 Å². The van der Waals surface area contributed by atoms with E-state index in [1.54, 1.807) is 0 Å². The first kappa shape index (κ1) is 27.3. The average Bonchev–Trinajstić information content (AvgIpc) is 2.75. The molecule has 2 aromatic heterocycles. The highest BCUT2D eigenvalue weighted by Crippen LogP contribution is 2.42. The van der Waals surface area contributed by atoms with Crippen molar-refractivity contribution in [2.24, 2.45) is 11.3 Å². The Kier molecular flexibility index (Phi) is 8.68. The standard InChI is InChI=1S/C28H40ClN3O3/c1-17(2)16-34-27-24(29)13-21(20(6)31-27)23-15-30-19(5)22(14-25(33)35-18(3)4)26(23)32-11-9-28(7,8)10-12-32/h13,15,17-18H,9-12,14,16H2,1-8H3. The van der Waals surface area contributed by atoms with Crippen molar-refractivity contribution < 1.29 is 14.3 Å². The molecule has 6 nitrogen and oxygen atoms in total. The van der Waals surface area contributed by atoms with Crippen molar-refractivity contribution in [3.8, 4) is 17.0 Å². The van der Waals surface area contributed by atoms with Gasteiger partial charge in [-0.15, -0.1) is 0 Å². The molecule has 1 aliphatic rings. The van der Waals surface area contributed by atoms with Crippen LogP contribution in [0.15, 0.2) is 12.3 Å². The van der Waals surface area contributed by atoms with Crippen molar-refractivity contribution in [2.45, 2.75) is 80.8 Å². The fourth-order valence-corrected chi connectivity index (χ4v) is 4.57. The number of pyridine rings is 2. The number of carbonyl (C=O) groups is 1. The summed E-state index contributed by atoms with van der Waals surface area (Å²) >= 11 is 6.63. The van der Waals surface area contributed by atoms with Crippen molar-refractivity contribution in [3.05, 3.63) is 34.2 Å². The highest BCUT2D eigenvalue weighted by atomic mass is 35.5. The zero-order chi connectivity index (χ0) is 25.9. The lowest BCUT2D eigenvalue weighted by molar-refractivity contribution is -0.146. The number of halogens is 1. The van der Waals surface area contributed by atoms with Gasteiger partial charge in [0.25, 0.3) is 0 Å². The van der Waals surface area contributed by atoms with Gasteiger partial charge in [-0.25, -0.2) is 4.98 Å². The second-order valence-electron chi connectivity index (χ2n) is 11.1. The van der Waals surface area contributed by atoms with Gasteiger partial charge in [0.15, 0.2) is 0 Å². The van der Waals surface area contributed by atoms with Crippen LogP contribution in [0.2, 0.25) is 5.02 Å². The number of aromatic nitrogens is 2. The Morgan fingerprint density at radius 2 is 1.77 bits per heavy atom. The van der Waals surface area contributed by atoms with Gasteiger partial charge in [0, 0.05) is 47.4 Å². The van der Waals surface area contributed by atoms with Crippen LogP contribution in [0.3, 0.4) is 0 Å². The number of esters is 1. The molecule has 3 heterocycles. The van der Waals surface area contributed by atoms with Crippen molar-refractivity contribution >= 4 is 23.3 Å². The number of carbonyl (C=O) groups excluding carboxylic acids is 1. The van der Waals surface area contributed by atoms with Crippen molar-refractivity contribution in [2.75, 3.05) is 24.6 Å². The third kappa shape index (κ3) is 6.87. The van der Waals surface area contributed by atoms with Crippen LogP contribution in [0.5, 0.6) is 5.88 Å². The summed E-state index contributed by atoms with van der Waals surface area (Å²) in [5.41, 5.74) is 5.72. The van der Waals surface area contributed by atoms with Gasteiger partial charge in [-0.3, -0.25) is 9.78 Å². The summed E-state index contributed by atoms with van der Waals surface area (Å²) in [6.45, 7) is 18.8. The second kappa shape index (κ2) is 11.2. The van der Waals surface area contributed by atoms with Crippen LogP contribution in [-0.4, -0.2) is 41.7 Å². The highest BCUT2D eigenvalue weighted by molar-refractivity contribution is 6.32. The summed E-state index contributed by atoms with van der Waals surface area (Å²) in [6, 6.07) is 1.92. The summed E-state index contributed by atoms with van der Waals surface area (Å²) < 4.78 is 11.3. The minimum absolute atomic E-state index is 0.165. The molecule has 0 atom stereocenters.